The number of ether oxygens (including phenoxy) is 8. The fraction of sp³-hybridized carbons (Fsp3) is 0.207. The maximum atomic E-state index is 15.0. The van der Waals surface area contributed by atoms with E-state index in [1.165, 1.54) is 73.5 Å². The number of methoxy groups -OCH3 is 3. The monoisotopic (exact) mass is 1540 g/mol. The third kappa shape index (κ3) is 19.7. The van der Waals surface area contributed by atoms with Gasteiger partial charge in [-0.2, -0.15) is 24.7 Å². The second-order valence-corrected chi connectivity index (χ2v) is 26.5. The summed E-state index contributed by atoms with van der Waals surface area (Å²) < 4.78 is 103. The number of carbonyl (C=O) groups excluding carboxylic acids is 2. The number of oxime groups is 1. The summed E-state index contributed by atoms with van der Waals surface area (Å²) in [7, 11) is 4.58. The molecule has 0 aliphatic rings. The summed E-state index contributed by atoms with van der Waals surface area (Å²) in [5.41, 5.74) is 5.75. The first kappa shape index (κ1) is 80.1. The van der Waals surface area contributed by atoms with E-state index in [0.717, 1.165) is 37.4 Å². The van der Waals surface area contributed by atoms with E-state index in [4.69, 9.17) is 58.6 Å². The average Bonchev–Trinajstić information content (AvgIpc) is 1.58. The summed E-state index contributed by atoms with van der Waals surface area (Å²) in [5.74, 6) is 1.25. The molecule has 8 heterocycles. The average molecular weight is 1540 g/mol. The molecule has 0 aliphatic heterocycles. The van der Waals surface area contributed by atoms with Crippen molar-refractivity contribution < 1.29 is 74.9 Å². The van der Waals surface area contributed by atoms with Gasteiger partial charge in [0.1, 0.15) is 59.5 Å². The number of hydrogen-bond acceptors (Lipinski definition) is 22. The number of nitrogens with zero attached hydrogens (tertiary/aromatic N) is 11. The normalized spacial score (nSPS) is 11.3. The van der Waals surface area contributed by atoms with E-state index < -0.39 is 40.8 Å². The Bertz CT molecular complexity index is 5940. The molecule has 0 bridgehead atoms. The number of aromatic amines is 1. The maximum Gasteiger partial charge on any atom is 0.435 e. The molecule has 0 saturated heterocycles. The molecule has 0 amide bonds. The molecule has 0 atom stereocenters. The molecule has 0 spiro atoms. The molecular weight excluding hydrogens is 1470 g/mol. The van der Waals surface area contributed by atoms with Gasteiger partial charge in [-0.15, -0.1) is 6.42 Å². The molecule has 31 heteroatoms. The molecule has 6 aromatic carbocycles. The van der Waals surface area contributed by atoms with Crippen molar-refractivity contribution >= 4 is 51.1 Å². The Kier molecular flexibility index (Phi) is 25.5. The van der Waals surface area contributed by atoms with Gasteiger partial charge in [0.05, 0.1) is 42.6 Å². The predicted molar refractivity (Wildman–Crippen MR) is 413 cm³/mol. The number of pyridine rings is 3. The lowest BCUT2D eigenvalue weighted by Gasteiger charge is -2.19. The molecule has 0 aliphatic carbocycles. The van der Waals surface area contributed by atoms with E-state index in [1.807, 2.05) is 24.3 Å². The number of fused-ring (bicyclic) bond motifs is 3. The van der Waals surface area contributed by atoms with Crippen molar-refractivity contribution in [2.45, 2.75) is 52.7 Å². The number of nitrogens with one attached hydrogen (secondary N) is 1. The Balaban J connectivity index is 0.000000156. The topological polar surface area (TPSA) is 323 Å². The third-order valence-corrected chi connectivity index (χ3v) is 16.2. The summed E-state index contributed by atoms with van der Waals surface area (Å²) in [5, 5.41) is 36.4. The zero-order valence-corrected chi connectivity index (χ0v) is 62.5. The molecule has 14 rings (SSSR count). The quantitative estimate of drug-likeness (QED) is 0.0235. The van der Waals surface area contributed by atoms with Crippen molar-refractivity contribution in [2.75, 3.05) is 61.0 Å². The first-order valence-electron chi connectivity index (χ1n) is 34.7. The molecule has 0 unspecified atom stereocenters. The SMILES string of the molecule is C#Cc1nn(C(=O)OC(C)(C)C)c2cc(OCCOC)c(F)cc12.COCCOc1cc2[nH]nc(-c3cc(-c4ccc(-n5ccccc5=O)cc4)no3)c2cc1F.COCCOc1cc2c(cc1F)c(-c1cc(-c3ccc(-n4ccccc4=O)cc3)no1)nn2C(=O)OC(C)(C)C.O=c1ccccn1-c1ccc(/C=N/O)cc1. The molecule has 8 aromatic heterocycles. The number of benzene rings is 6. The summed E-state index contributed by atoms with van der Waals surface area (Å²) >= 11 is 0. The maximum absolute atomic E-state index is 15.0. The van der Waals surface area contributed by atoms with Crippen molar-refractivity contribution in [1.82, 2.24) is 53.8 Å². The van der Waals surface area contributed by atoms with Gasteiger partial charge in [0.25, 0.3) is 16.7 Å². The van der Waals surface area contributed by atoms with Crippen LogP contribution >= 0.6 is 0 Å². The molecule has 2 N–H and O–H groups in total. The Hall–Kier alpha value is -14.0. The van der Waals surface area contributed by atoms with Crippen LogP contribution in [0.3, 0.4) is 0 Å². The van der Waals surface area contributed by atoms with Gasteiger partial charge in [-0.25, -0.2) is 22.8 Å². The number of H-pyrrole nitrogens is 1. The first-order chi connectivity index (χ1) is 54.3. The van der Waals surface area contributed by atoms with Gasteiger partial charge in [0.2, 0.25) is 0 Å². The Morgan fingerprint density at radius 3 is 1.33 bits per heavy atom. The van der Waals surface area contributed by atoms with Gasteiger partial charge in [-0.05, 0) is 126 Å². The highest BCUT2D eigenvalue weighted by Crippen LogP contribution is 2.37. The minimum atomic E-state index is -0.788. The predicted octanol–water partition coefficient (Wildman–Crippen LogP) is 14.3. The van der Waals surface area contributed by atoms with Crippen LogP contribution in [0, 0.1) is 29.8 Å². The minimum Gasteiger partial charge on any atom is -0.488 e. The summed E-state index contributed by atoms with van der Waals surface area (Å²) in [6, 6.07) is 48.1. The number of halogens is 3. The van der Waals surface area contributed by atoms with E-state index in [1.54, 1.807) is 180 Å². The van der Waals surface area contributed by atoms with Crippen LogP contribution in [0.25, 0.3) is 95.2 Å². The van der Waals surface area contributed by atoms with E-state index in [-0.39, 0.29) is 83.0 Å². The molecule has 0 radical (unpaired) electrons. The lowest BCUT2D eigenvalue weighted by molar-refractivity contribution is 0.0511. The van der Waals surface area contributed by atoms with Gasteiger partial charge in [0.15, 0.2) is 46.2 Å². The van der Waals surface area contributed by atoms with Crippen LogP contribution < -0.4 is 30.9 Å². The van der Waals surface area contributed by atoms with Crippen molar-refractivity contribution in [1.29, 1.82) is 0 Å². The molecule has 0 fully saturated rings. The van der Waals surface area contributed by atoms with Crippen LogP contribution in [0.5, 0.6) is 17.2 Å². The Morgan fingerprint density at radius 1 is 0.513 bits per heavy atom. The highest BCUT2D eigenvalue weighted by Gasteiger charge is 2.28. The van der Waals surface area contributed by atoms with E-state index >= 15 is 4.39 Å². The van der Waals surface area contributed by atoms with Crippen LogP contribution in [0.2, 0.25) is 0 Å². The van der Waals surface area contributed by atoms with Crippen LogP contribution in [-0.2, 0) is 23.7 Å². The highest BCUT2D eigenvalue weighted by molar-refractivity contribution is 5.98. The highest BCUT2D eigenvalue weighted by atomic mass is 19.1. The second-order valence-electron chi connectivity index (χ2n) is 26.5. The molecular formula is C82H75F3N12O16. The van der Waals surface area contributed by atoms with Gasteiger partial charge >= 0.3 is 12.2 Å². The van der Waals surface area contributed by atoms with Crippen LogP contribution in [0.1, 0.15) is 52.8 Å². The number of rotatable bonds is 20. The van der Waals surface area contributed by atoms with E-state index in [0.29, 0.717) is 68.9 Å². The Morgan fingerprint density at radius 2 is 0.912 bits per heavy atom. The third-order valence-electron chi connectivity index (χ3n) is 16.2. The molecule has 28 nitrogen and oxygen atoms in total. The molecule has 0 saturated carbocycles. The number of aromatic nitrogens is 11. The van der Waals surface area contributed by atoms with Gasteiger partial charge in [0, 0.05) is 133 Å². The summed E-state index contributed by atoms with van der Waals surface area (Å²) in [4.78, 5) is 61.0. The lowest BCUT2D eigenvalue weighted by Crippen LogP contribution is -2.27. The minimum absolute atomic E-state index is 0.0205. The second kappa shape index (κ2) is 36.0. The van der Waals surface area contributed by atoms with Gasteiger partial charge < -0.3 is 52.1 Å². The van der Waals surface area contributed by atoms with Crippen molar-refractivity contribution in [2.24, 2.45) is 5.16 Å². The smallest absolute Gasteiger partial charge is 0.435 e. The molecule has 580 valence electrons. The van der Waals surface area contributed by atoms with Crippen molar-refractivity contribution in [3.8, 4) is 92.1 Å². The van der Waals surface area contributed by atoms with E-state index in [9.17, 15) is 32.8 Å². The van der Waals surface area contributed by atoms with Crippen LogP contribution in [-0.4, -0.2) is 150 Å². The van der Waals surface area contributed by atoms with Crippen molar-refractivity contribution in [3.63, 3.8) is 0 Å². The first-order valence-corrected chi connectivity index (χ1v) is 34.7. The molecule has 113 heavy (non-hydrogen) atoms. The Labute approximate surface area is 642 Å². The zero-order valence-electron chi connectivity index (χ0n) is 62.5. The lowest BCUT2D eigenvalue weighted by atomic mass is 10.1. The molecule has 14 aromatic rings. The number of terminal acetylenes is 1. The fourth-order valence-electron chi connectivity index (χ4n) is 11.0. The largest absolute Gasteiger partial charge is 0.488 e. The fourth-order valence-corrected chi connectivity index (χ4v) is 11.0. The number of hydrogen-bond donors (Lipinski definition) is 2. The number of carbonyl (C=O) groups is 2. The summed E-state index contributed by atoms with van der Waals surface area (Å²) in [6.45, 7) is 11.9. The van der Waals surface area contributed by atoms with Crippen LogP contribution in [0.15, 0.2) is 223 Å². The van der Waals surface area contributed by atoms with Crippen LogP contribution in [0.4, 0.5) is 22.8 Å². The van der Waals surface area contributed by atoms with Gasteiger partial charge in [-0.1, -0.05) is 70.1 Å². The van der Waals surface area contributed by atoms with E-state index in [2.05, 4.69) is 41.8 Å². The van der Waals surface area contributed by atoms with Crippen molar-refractivity contribution in [3.05, 3.63) is 254 Å². The van der Waals surface area contributed by atoms with Gasteiger partial charge in [-0.3, -0.25) is 33.2 Å². The zero-order chi connectivity index (χ0) is 80.5. The standard InChI is InChI=1S/C29H27FN4O6.C24H19FN4O4.C17H19FN2O4.C12H10N2O2/c1-29(2,3)39-28(36)34-23-17-24(38-14-13-37-4)21(30)15-20(23)27(31-34)25-16-22(32-40-25)18-8-10-19(11-9-18)33-12-6-5-7-26(33)35;1-31-10-11-32-21-14-20-17(12-18(21)25)24(27-26-20)22-13-19(28-33-22)15-5-7-16(8-6-15)29-9-3-2-4-23(29)30;1-6-13-11-9-12(18)15(23-8-7-22-5)10-14(11)20(19-13)16(21)24-17(2,3)4;15-12-3-1-2-8-14(12)11-6-4-10(5-7-11)9-13-16/h5-12,15-17H,13-14H2,1-4H3;2-9,12-14H,10-11H2,1H3,(H,26,27);1,9-10H,7-8H2,2-5H3;1-9,16H/b;;;13-9+. The summed E-state index contributed by atoms with van der Waals surface area (Å²) in [6.07, 6.45) is 10.4.